The molecule has 0 saturated heterocycles. The molecule has 0 heterocycles. The normalized spacial score (nSPS) is 0. The second-order valence-electron chi connectivity index (χ2n) is 0. The molecule has 0 aromatic heterocycles. The summed E-state index contributed by atoms with van der Waals surface area (Å²) in [7, 11) is 0. The molecule has 0 fully saturated rings. The van der Waals surface area contributed by atoms with Gasteiger partial charge in [-0.2, -0.15) is 0 Å². The zero-order valence-electron chi connectivity index (χ0n) is 0.500. The molecule has 3 heteroatoms. The zero-order chi connectivity index (χ0) is 0. The predicted octanol–water partition coefficient (Wildman–Crippen LogP) is -0.830. The molecule has 0 spiro atoms. The van der Waals surface area contributed by atoms with Gasteiger partial charge in [-0.25, -0.2) is 0 Å². The van der Waals surface area contributed by atoms with Crippen molar-refractivity contribution in [1.29, 1.82) is 0 Å². The van der Waals surface area contributed by atoms with Crippen LogP contribution in [-0.2, 0) is 26.2 Å². The van der Waals surface area contributed by atoms with Crippen LogP contribution in [0.5, 0.6) is 0 Å². The quantitative estimate of drug-likeness (QED) is 0.426. The third kappa shape index (κ3) is 22.7. The summed E-state index contributed by atoms with van der Waals surface area (Å²) >= 11 is 0. The van der Waals surface area contributed by atoms with E-state index in [2.05, 4.69) is 0 Å². The molecule has 0 radical (unpaired) electrons. The van der Waals surface area contributed by atoms with Crippen LogP contribution in [0, 0.1) is 0 Å². The summed E-state index contributed by atoms with van der Waals surface area (Å²) in [6.45, 7) is 0. The van der Waals surface area contributed by atoms with E-state index in [9.17, 15) is 0 Å². The Hall–Kier alpha value is 2.18. The van der Waals surface area contributed by atoms with Gasteiger partial charge < -0.3 is 0 Å². The maximum absolute atomic E-state index is 0. The third-order valence-electron chi connectivity index (χ3n) is 0. The van der Waals surface area contributed by atoms with E-state index in [1.165, 1.54) is 0 Å². The average Bonchev–Trinajstić information content (AvgIpc) is 0. The first-order valence-electron chi connectivity index (χ1n) is 0. The van der Waals surface area contributed by atoms with Crippen LogP contribution in [0.1, 0.15) is 14.9 Å². The summed E-state index contributed by atoms with van der Waals surface area (Å²) in [5.41, 5.74) is 0. The first kappa shape index (κ1) is 57.7. The molecule has 0 aromatic carbocycles. The summed E-state index contributed by atoms with van der Waals surface area (Å²) in [5, 5.41) is 0. The van der Waals surface area contributed by atoms with E-state index < -0.39 is 0 Å². The van der Waals surface area contributed by atoms with Crippen molar-refractivity contribution in [1.82, 2.24) is 0 Å². The molecule has 0 atom stereocenters. The largest absolute Gasteiger partial charge is 0.316 e. The van der Waals surface area contributed by atoms with Gasteiger partial charge in [0.1, 0.15) is 0 Å². The van der Waals surface area contributed by atoms with Crippen molar-refractivity contribution >= 4 is 40.4 Å². The third-order valence-corrected chi connectivity index (χ3v) is 0. The predicted molar refractivity (Wildman–Crippen MR) is 31.9 cm³/mol. The summed E-state index contributed by atoms with van der Waals surface area (Å²) in [6.07, 6.45) is 0. The minimum Gasteiger partial charge on any atom is -0.0776 e. The Morgan fingerprint density at radius 1 is 0.800 bits per heavy atom. The Labute approximate surface area is 80.5 Å². The Bertz CT molecular complexity index is 9.61. The Morgan fingerprint density at radius 2 is 0.800 bits per heavy atom. The smallest absolute Gasteiger partial charge is 0.0776 e. The van der Waals surface area contributed by atoms with Gasteiger partial charge in [0.15, 0.2) is 17.4 Å². The topological polar surface area (TPSA) is 0 Å². The maximum Gasteiger partial charge on any atom is 0.316 e. The second-order valence-corrected chi connectivity index (χ2v) is 0. The second kappa shape index (κ2) is 34.9. The summed E-state index contributed by atoms with van der Waals surface area (Å²) < 4.78 is 0. The van der Waals surface area contributed by atoms with Gasteiger partial charge in [-0.05, 0) is 0 Å². The Morgan fingerprint density at radius 3 is 0.800 bits per heavy atom. The molecule has 0 aromatic rings. The molecule has 0 bridgehead atoms. The molecule has 5 heavy (non-hydrogen) atoms. The van der Waals surface area contributed by atoms with E-state index in [-0.39, 0.29) is 81.5 Å². The molecule has 0 aliphatic rings. The molecule has 0 unspecified atom stereocenters. The van der Waals surface area contributed by atoms with Crippen LogP contribution < -0.4 is 0 Å². The minimum atomic E-state index is 0. The van der Waals surface area contributed by atoms with Crippen LogP contribution in [-0.4, -0.2) is 40.4 Å². The first-order chi connectivity index (χ1) is 0. The van der Waals surface area contributed by atoms with E-state index in [0.29, 0.717) is 0 Å². The monoisotopic (exact) mass is 178 g/mol. The van der Waals surface area contributed by atoms with Crippen LogP contribution in [0.2, 0.25) is 0 Å². The van der Waals surface area contributed by atoms with E-state index in [1.807, 2.05) is 0 Å². The molecule has 0 N–H and O–H groups in total. The molecule has 0 saturated carbocycles. The zero-order valence-corrected chi connectivity index (χ0v) is 2.96. The first-order valence-corrected chi connectivity index (χ1v) is 0. The van der Waals surface area contributed by atoms with Gasteiger partial charge in [0, 0.05) is 26.2 Å². The van der Waals surface area contributed by atoms with Crippen LogP contribution >= 0.6 is 0 Å². The van der Waals surface area contributed by atoms with E-state index in [0.717, 1.165) is 0 Å². The van der Waals surface area contributed by atoms with Crippen molar-refractivity contribution in [3.63, 3.8) is 0 Å². The Kier molecular flexibility index (Phi) is 402. The molecule has 0 amide bonds. The number of hydrogen-bond donors (Lipinski definition) is 0. The van der Waals surface area contributed by atoms with Gasteiger partial charge in [-0.15, -0.1) is 0 Å². The maximum atomic E-state index is 0. The van der Waals surface area contributed by atoms with Crippen LogP contribution in [0.15, 0.2) is 0 Å². The molecule has 0 aliphatic heterocycles. The summed E-state index contributed by atoms with van der Waals surface area (Å²) in [5.74, 6) is 0. The number of rotatable bonds is 0. The van der Waals surface area contributed by atoms with Gasteiger partial charge in [-0.3, -0.25) is 0 Å². The molecule has 0 nitrogen and oxygen atoms in total. The standard InChI is InChI=1S/2CH4.Al.Mg.Zr.5H/h2*1H4;;;;;;;;. The van der Waals surface area contributed by atoms with Gasteiger partial charge in [0.2, 0.25) is 0 Å². The van der Waals surface area contributed by atoms with Crippen molar-refractivity contribution in [3.05, 3.63) is 0 Å². The van der Waals surface area contributed by atoms with Crippen LogP contribution in [0.4, 0.5) is 0 Å². The number of hydrogen-bond acceptors (Lipinski definition) is 0. The van der Waals surface area contributed by atoms with Gasteiger partial charge in [0.05, 0.1) is 0 Å². The fourth-order valence-corrected chi connectivity index (χ4v) is 0. The van der Waals surface area contributed by atoms with E-state index in [4.69, 9.17) is 0 Å². The van der Waals surface area contributed by atoms with Gasteiger partial charge >= 0.3 is 23.1 Å². The molecule has 0 rings (SSSR count). The SMILES string of the molecule is C.C.[AlH3].[MgH2].[Zr]. The average molecular weight is 180 g/mol. The minimum absolute atomic E-state index is 0. The molecule has 30 valence electrons. The van der Waals surface area contributed by atoms with Crippen molar-refractivity contribution in [2.45, 2.75) is 14.9 Å². The molecular weight excluding hydrogens is 167 g/mol. The van der Waals surface area contributed by atoms with Crippen molar-refractivity contribution in [2.75, 3.05) is 0 Å². The fourth-order valence-electron chi connectivity index (χ4n) is 0. The fraction of sp³-hybridized carbons (Fsp3) is 1.00. The van der Waals surface area contributed by atoms with E-state index >= 15 is 0 Å². The molecule has 0 aliphatic carbocycles. The Balaban J connectivity index is 0. The van der Waals surface area contributed by atoms with Crippen LogP contribution in [0.25, 0.3) is 0 Å². The van der Waals surface area contributed by atoms with Crippen LogP contribution in [0.3, 0.4) is 0 Å². The van der Waals surface area contributed by atoms with E-state index in [1.54, 1.807) is 0 Å². The van der Waals surface area contributed by atoms with Crippen molar-refractivity contribution in [3.8, 4) is 0 Å². The summed E-state index contributed by atoms with van der Waals surface area (Å²) in [4.78, 5) is 0. The summed E-state index contributed by atoms with van der Waals surface area (Å²) in [6, 6.07) is 0. The van der Waals surface area contributed by atoms with Crippen molar-refractivity contribution in [2.24, 2.45) is 0 Å². The van der Waals surface area contributed by atoms with Crippen molar-refractivity contribution < 1.29 is 26.2 Å². The van der Waals surface area contributed by atoms with Gasteiger partial charge in [0.25, 0.3) is 0 Å². The molecular formula is C2H13AlMgZr. The van der Waals surface area contributed by atoms with Gasteiger partial charge in [-0.1, -0.05) is 14.9 Å².